The van der Waals surface area contributed by atoms with E-state index in [0.29, 0.717) is 22.6 Å². The Morgan fingerprint density at radius 2 is 2.00 bits per heavy atom. The number of aryl methyl sites for hydroxylation is 1. The molecule has 0 atom stereocenters. The third-order valence-electron chi connectivity index (χ3n) is 4.21. The number of para-hydroxylation sites is 1. The van der Waals surface area contributed by atoms with Crippen molar-refractivity contribution in [2.24, 2.45) is 5.92 Å². The minimum atomic E-state index is -0.0978. The van der Waals surface area contributed by atoms with Gasteiger partial charge in [0.2, 0.25) is 5.16 Å². The number of rotatable bonds is 4. The highest BCUT2D eigenvalue weighted by atomic mass is 32.2. The number of fused-ring (bicyclic) bond motifs is 3. The van der Waals surface area contributed by atoms with E-state index in [1.54, 1.807) is 17.0 Å². The molecular weight excluding hydrogens is 346 g/mol. The van der Waals surface area contributed by atoms with Crippen LogP contribution in [0, 0.1) is 12.8 Å². The van der Waals surface area contributed by atoms with Gasteiger partial charge in [0.25, 0.3) is 5.56 Å². The Labute approximate surface area is 154 Å². The van der Waals surface area contributed by atoms with Gasteiger partial charge >= 0.3 is 0 Å². The molecule has 7 heteroatoms. The van der Waals surface area contributed by atoms with Gasteiger partial charge in [-0.3, -0.25) is 9.20 Å². The predicted octanol–water partition coefficient (Wildman–Crippen LogP) is 3.55. The topological polar surface area (TPSA) is 65.1 Å². The molecule has 6 nitrogen and oxygen atoms in total. The Morgan fingerprint density at radius 3 is 2.81 bits per heavy atom. The van der Waals surface area contributed by atoms with Gasteiger partial charge in [0.1, 0.15) is 0 Å². The highest BCUT2D eigenvalue weighted by Crippen LogP contribution is 2.27. The van der Waals surface area contributed by atoms with Crippen molar-refractivity contribution in [2.45, 2.75) is 37.5 Å². The monoisotopic (exact) mass is 365 g/mol. The van der Waals surface area contributed by atoms with Gasteiger partial charge in [0.05, 0.1) is 5.52 Å². The van der Waals surface area contributed by atoms with E-state index in [4.69, 9.17) is 0 Å². The molecule has 4 aromatic rings. The summed E-state index contributed by atoms with van der Waals surface area (Å²) in [6, 6.07) is 10.1. The van der Waals surface area contributed by atoms with Gasteiger partial charge < -0.3 is 4.57 Å². The predicted molar refractivity (Wildman–Crippen MR) is 103 cm³/mol. The summed E-state index contributed by atoms with van der Waals surface area (Å²) >= 11 is 1.26. The lowest BCUT2D eigenvalue weighted by molar-refractivity contribution is 0.502. The van der Waals surface area contributed by atoms with Crippen molar-refractivity contribution in [3.05, 3.63) is 58.6 Å². The van der Waals surface area contributed by atoms with Gasteiger partial charge in [-0.05, 0) is 42.3 Å². The van der Waals surface area contributed by atoms with Gasteiger partial charge in [-0.25, -0.2) is 4.98 Å². The Morgan fingerprint density at radius 1 is 1.19 bits per heavy atom. The Bertz CT molecular complexity index is 1160. The summed E-state index contributed by atoms with van der Waals surface area (Å²) in [5, 5.41) is 10.8. The van der Waals surface area contributed by atoms with Gasteiger partial charge in [-0.1, -0.05) is 32.0 Å². The second-order valence-corrected chi connectivity index (χ2v) is 7.66. The van der Waals surface area contributed by atoms with Gasteiger partial charge in [0.15, 0.2) is 10.7 Å². The molecule has 0 N–H and O–H groups in total. The summed E-state index contributed by atoms with van der Waals surface area (Å²) < 4.78 is 3.68. The Kier molecular flexibility index (Phi) is 4.24. The second-order valence-electron chi connectivity index (χ2n) is 6.71. The molecule has 0 unspecified atom stereocenters. The molecule has 0 radical (unpaired) electrons. The van der Waals surface area contributed by atoms with E-state index in [2.05, 4.69) is 42.0 Å². The molecule has 3 heterocycles. The lowest BCUT2D eigenvalue weighted by Crippen LogP contribution is -2.24. The van der Waals surface area contributed by atoms with Crippen molar-refractivity contribution in [3.63, 3.8) is 0 Å². The van der Waals surface area contributed by atoms with Crippen LogP contribution in [0.1, 0.15) is 19.4 Å². The molecule has 0 saturated carbocycles. The normalized spacial score (nSPS) is 11.7. The summed E-state index contributed by atoms with van der Waals surface area (Å²) in [5.74, 6) is 0.383. The number of benzene rings is 1. The van der Waals surface area contributed by atoms with Crippen molar-refractivity contribution in [1.82, 2.24) is 24.1 Å². The van der Waals surface area contributed by atoms with Crippen LogP contribution in [0.25, 0.3) is 16.6 Å². The zero-order valence-electron chi connectivity index (χ0n) is 14.9. The van der Waals surface area contributed by atoms with Gasteiger partial charge in [-0.15, -0.1) is 10.2 Å². The van der Waals surface area contributed by atoms with Crippen LogP contribution in [-0.4, -0.2) is 24.1 Å². The minimum Gasteiger partial charge on any atom is -0.311 e. The molecule has 0 aliphatic carbocycles. The van der Waals surface area contributed by atoms with E-state index in [1.807, 2.05) is 28.7 Å². The fourth-order valence-corrected chi connectivity index (χ4v) is 3.92. The smallest absolute Gasteiger partial charge is 0.283 e. The number of hydrogen-bond acceptors (Lipinski definition) is 5. The molecule has 0 saturated heterocycles. The summed E-state index contributed by atoms with van der Waals surface area (Å²) in [4.78, 5) is 17.0. The maximum Gasteiger partial charge on any atom is 0.283 e. The third-order valence-corrected chi connectivity index (χ3v) is 5.13. The molecule has 1 aromatic carbocycles. The number of pyridine rings is 1. The van der Waals surface area contributed by atoms with Crippen molar-refractivity contribution in [3.8, 4) is 0 Å². The first-order valence-corrected chi connectivity index (χ1v) is 9.33. The second kappa shape index (κ2) is 6.57. The fourth-order valence-electron chi connectivity index (χ4n) is 3.06. The molecule has 132 valence electrons. The van der Waals surface area contributed by atoms with Crippen LogP contribution >= 0.6 is 11.8 Å². The number of hydrogen-bond donors (Lipinski definition) is 0. The van der Waals surface area contributed by atoms with Crippen molar-refractivity contribution in [2.75, 3.05) is 0 Å². The molecule has 0 spiro atoms. The van der Waals surface area contributed by atoms with Crippen LogP contribution < -0.4 is 5.56 Å². The minimum absolute atomic E-state index is 0.0978. The summed E-state index contributed by atoms with van der Waals surface area (Å²) in [6.07, 6.45) is 3.39. The highest BCUT2D eigenvalue weighted by molar-refractivity contribution is 7.99. The SMILES string of the molecule is Cc1cc2nnc(Sc3nccn(CC(C)C)c3=O)n2c2ccccc12. The average molecular weight is 365 g/mol. The van der Waals surface area contributed by atoms with Crippen LogP contribution in [0.3, 0.4) is 0 Å². The van der Waals surface area contributed by atoms with Crippen molar-refractivity contribution < 1.29 is 0 Å². The van der Waals surface area contributed by atoms with E-state index < -0.39 is 0 Å². The lowest BCUT2D eigenvalue weighted by atomic mass is 10.1. The van der Waals surface area contributed by atoms with Crippen molar-refractivity contribution >= 4 is 28.3 Å². The van der Waals surface area contributed by atoms with Crippen LogP contribution in [0.2, 0.25) is 0 Å². The molecule has 0 aliphatic rings. The summed E-state index contributed by atoms with van der Waals surface area (Å²) in [5.41, 5.74) is 2.84. The fraction of sp³-hybridized carbons (Fsp3) is 0.263. The van der Waals surface area contributed by atoms with Crippen LogP contribution in [-0.2, 0) is 6.54 Å². The van der Waals surface area contributed by atoms with Crippen molar-refractivity contribution in [1.29, 1.82) is 0 Å². The maximum atomic E-state index is 12.7. The first-order valence-electron chi connectivity index (χ1n) is 8.51. The molecule has 0 bridgehead atoms. The molecule has 0 fully saturated rings. The number of aromatic nitrogens is 5. The molecule has 0 aliphatic heterocycles. The molecule has 4 rings (SSSR count). The van der Waals surface area contributed by atoms with Crippen LogP contribution in [0.5, 0.6) is 0 Å². The Hall–Kier alpha value is -2.67. The van der Waals surface area contributed by atoms with E-state index >= 15 is 0 Å². The van der Waals surface area contributed by atoms with E-state index in [0.717, 1.165) is 22.1 Å². The third kappa shape index (κ3) is 2.88. The highest BCUT2D eigenvalue weighted by Gasteiger charge is 2.15. The lowest BCUT2D eigenvalue weighted by Gasteiger charge is -2.09. The number of nitrogens with zero attached hydrogens (tertiary/aromatic N) is 5. The van der Waals surface area contributed by atoms with Crippen LogP contribution in [0.15, 0.2) is 57.7 Å². The molecule has 26 heavy (non-hydrogen) atoms. The standard InChI is InChI=1S/C19H19N5OS/c1-12(2)11-23-9-8-20-17(18(23)25)26-19-22-21-16-10-13(3)14-6-4-5-7-15(14)24(16)19/h4-10,12H,11H2,1-3H3. The largest absolute Gasteiger partial charge is 0.311 e. The molecule has 0 amide bonds. The average Bonchev–Trinajstić information content (AvgIpc) is 3.01. The zero-order chi connectivity index (χ0) is 18.3. The first-order chi connectivity index (χ1) is 12.5. The summed E-state index contributed by atoms with van der Waals surface area (Å²) in [7, 11) is 0. The van der Waals surface area contributed by atoms with E-state index in [1.165, 1.54) is 11.8 Å². The van der Waals surface area contributed by atoms with E-state index in [9.17, 15) is 4.79 Å². The van der Waals surface area contributed by atoms with Gasteiger partial charge in [-0.2, -0.15) is 0 Å². The molecule has 3 aromatic heterocycles. The maximum absolute atomic E-state index is 12.7. The van der Waals surface area contributed by atoms with Crippen LogP contribution in [0.4, 0.5) is 0 Å². The first kappa shape index (κ1) is 16.8. The molecular formula is C19H19N5OS. The van der Waals surface area contributed by atoms with Gasteiger partial charge in [0, 0.05) is 24.3 Å². The quantitative estimate of drug-likeness (QED) is 0.553. The Balaban J connectivity index is 1.84. The van der Waals surface area contributed by atoms with E-state index in [-0.39, 0.29) is 5.56 Å². The summed E-state index contributed by atoms with van der Waals surface area (Å²) in [6.45, 7) is 6.89. The zero-order valence-corrected chi connectivity index (χ0v) is 15.7.